The lowest BCUT2D eigenvalue weighted by atomic mass is 10.2. The Morgan fingerprint density at radius 3 is 2.42 bits per heavy atom. The normalized spacial score (nSPS) is 10.2. The van der Waals surface area contributed by atoms with E-state index >= 15 is 0 Å². The highest BCUT2D eigenvalue weighted by Gasteiger charge is 2.11. The van der Waals surface area contributed by atoms with Crippen LogP contribution >= 0.6 is 44.1 Å². The molecule has 0 atom stereocenters. The summed E-state index contributed by atoms with van der Waals surface area (Å²) in [7, 11) is 0. The van der Waals surface area contributed by atoms with E-state index < -0.39 is 0 Å². The lowest BCUT2D eigenvalue weighted by Gasteiger charge is -2.12. The zero-order chi connectivity index (χ0) is 13.8. The lowest BCUT2D eigenvalue weighted by Crippen LogP contribution is -2.12. The van der Waals surface area contributed by atoms with Crippen LogP contribution in [0.2, 0.25) is 0 Å². The van der Waals surface area contributed by atoms with Crippen molar-refractivity contribution in [3.8, 4) is 5.75 Å². The van der Waals surface area contributed by atoms with Crippen LogP contribution in [0.25, 0.3) is 0 Å². The molecule has 2 aromatic carbocycles. The van der Waals surface area contributed by atoms with E-state index in [9.17, 15) is 0 Å². The molecule has 0 radical (unpaired) electrons. The molecule has 2 nitrogen and oxygen atoms in total. The third-order valence-electron chi connectivity index (χ3n) is 2.56. The Labute approximate surface area is 134 Å². The molecule has 2 aromatic rings. The van der Waals surface area contributed by atoms with Crippen molar-refractivity contribution in [2.75, 3.05) is 0 Å². The SMILES string of the molecule is NC(=S)c1c(Br)cccc1OCc1ccccc1Br. The van der Waals surface area contributed by atoms with Gasteiger partial charge in [-0.3, -0.25) is 0 Å². The van der Waals surface area contributed by atoms with Crippen LogP contribution in [0.5, 0.6) is 5.75 Å². The van der Waals surface area contributed by atoms with Crippen LogP contribution in [-0.4, -0.2) is 4.99 Å². The van der Waals surface area contributed by atoms with Crippen molar-refractivity contribution in [2.45, 2.75) is 6.61 Å². The van der Waals surface area contributed by atoms with Gasteiger partial charge in [-0.1, -0.05) is 52.4 Å². The summed E-state index contributed by atoms with van der Waals surface area (Å²) >= 11 is 12.0. The summed E-state index contributed by atoms with van der Waals surface area (Å²) in [5, 5.41) is 0. The number of hydrogen-bond donors (Lipinski definition) is 1. The van der Waals surface area contributed by atoms with E-state index in [-0.39, 0.29) is 0 Å². The fourth-order valence-corrected chi connectivity index (χ4v) is 2.94. The summed E-state index contributed by atoms with van der Waals surface area (Å²) in [5.41, 5.74) is 7.52. The molecule has 19 heavy (non-hydrogen) atoms. The van der Waals surface area contributed by atoms with Gasteiger partial charge in [0, 0.05) is 14.5 Å². The van der Waals surface area contributed by atoms with Crippen molar-refractivity contribution in [2.24, 2.45) is 5.73 Å². The van der Waals surface area contributed by atoms with Gasteiger partial charge in [-0.2, -0.15) is 0 Å². The van der Waals surface area contributed by atoms with Gasteiger partial charge < -0.3 is 10.5 Å². The topological polar surface area (TPSA) is 35.2 Å². The quantitative estimate of drug-likeness (QED) is 0.771. The Bertz CT molecular complexity index is 616. The smallest absolute Gasteiger partial charge is 0.131 e. The van der Waals surface area contributed by atoms with Gasteiger partial charge in [-0.25, -0.2) is 0 Å². The molecule has 0 saturated carbocycles. The first-order chi connectivity index (χ1) is 9.09. The second kappa shape index (κ2) is 6.50. The monoisotopic (exact) mass is 399 g/mol. The Morgan fingerprint density at radius 2 is 1.74 bits per heavy atom. The van der Waals surface area contributed by atoms with Crippen molar-refractivity contribution in [1.29, 1.82) is 0 Å². The number of rotatable bonds is 4. The van der Waals surface area contributed by atoms with E-state index in [4.69, 9.17) is 22.7 Å². The van der Waals surface area contributed by atoms with Gasteiger partial charge in [0.25, 0.3) is 0 Å². The molecule has 98 valence electrons. The summed E-state index contributed by atoms with van der Waals surface area (Å²) in [6.07, 6.45) is 0. The van der Waals surface area contributed by atoms with Crippen LogP contribution in [0.4, 0.5) is 0 Å². The summed E-state index contributed by atoms with van der Waals surface area (Å²) in [5.74, 6) is 0.678. The highest BCUT2D eigenvalue weighted by Crippen LogP contribution is 2.28. The van der Waals surface area contributed by atoms with Gasteiger partial charge >= 0.3 is 0 Å². The Balaban J connectivity index is 2.23. The third-order valence-corrected chi connectivity index (χ3v) is 4.20. The molecule has 2 N–H and O–H groups in total. The molecule has 5 heteroatoms. The largest absolute Gasteiger partial charge is 0.488 e. The van der Waals surface area contributed by atoms with Crippen LogP contribution in [0.15, 0.2) is 51.4 Å². The van der Waals surface area contributed by atoms with Crippen molar-refractivity contribution in [3.05, 3.63) is 62.5 Å². The van der Waals surface area contributed by atoms with Crippen LogP contribution in [0.1, 0.15) is 11.1 Å². The van der Waals surface area contributed by atoms with Gasteiger partial charge in [-0.05, 0) is 34.1 Å². The minimum Gasteiger partial charge on any atom is -0.488 e. The maximum atomic E-state index is 5.82. The number of hydrogen-bond acceptors (Lipinski definition) is 2. The molecule has 0 unspecified atom stereocenters. The molecule has 0 fully saturated rings. The summed E-state index contributed by atoms with van der Waals surface area (Å²) in [6, 6.07) is 13.6. The van der Waals surface area contributed by atoms with Crippen molar-refractivity contribution in [1.82, 2.24) is 0 Å². The molecule has 0 spiro atoms. The van der Waals surface area contributed by atoms with Crippen molar-refractivity contribution < 1.29 is 4.74 Å². The Hall–Kier alpha value is -0.910. The second-order valence-electron chi connectivity index (χ2n) is 3.86. The van der Waals surface area contributed by atoms with Gasteiger partial charge in [0.15, 0.2) is 0 Å². The molecule has 0 aromatic heterocycles. The Kier molecular flexibility index (Phi) is 4.96. The van der Waals surface area contributed by atoms with E-state index in [1.807, 2.05) is 42.5 Å². The molecule has 0 aliphatic rings. The maximum absolute atomic E-state index is 5.82. The van der Waals surface area contributed by atoms with Gasteiger partial charge in [0.1, 0.15) is 17.3 Å². The molecular weight excluding hydrogens is 390 g/mol. The molecule has 2 rings (SSSR count). The molecule has 0 amide bonds. The summed E-state index contributed by atoms with van der Waals surface area (Å²) < 4.78 is 7.67. The highest BCUT2D eigenvalue weighted by atomic mass is 79.9. The molecule has 0 bridgehead atoms. The van der Waals surface area contributed by atoms with E-state index in [1.165, 1.54) is 0 Å². The van der Waals surface area contributed by atoms with E-state index in [1.54, 1.807) is 0 Å². The number of ether oxygens (including phenoxy) is 1. The van der Waals surface area contributed by atoms with E-state index in [2.05, 4.69) is 31.9 Å². The first-order valence-electron chi connectivity index (χ1n) is 5.54. The average Bonchev–Trinajstić information content (AvgIpc) is 2.37. The first kappa shape index (κ1) is 14.5. The van der Waals surface area contributed by atoms with Crippen molar-refractivity contribution in [3.63, 3.8) is 0 Å². The molecule has 0 saturated heterocycles. The zero-order valence-electron chi connectivity index (χ0n) is 9.90. The minimum atomic E-state index is 0.314. The number of benzene rings is 2. The van der Waals surface area contributed by atoms with Crippen molar-refractivity contribution >= 4 is 49.1 Å². The second-order valence-corrected chi connectivity index (χ2v) is 6.01. The van der Waals surface area contributed by atoms with E-state index in [0.717, 1.165) is 20.1 Å². The number of nitrogens with two attached hydrogens (primary N) is 1. The summed E-state index contributed by atoms with van der Waals surface area (Å²) in [6.45, 7) is 0.452. The standard InChI is InChI=1S/C14H11Br2NOS/c15-10-5-2-1-4-9(10)8-18-12-7-3-6-11(16)13(12)14(17)19/h1-7H,8H2,(H2,17,19). The van der Waals surface area contributed by atoms with Gasteiger partial charge in [0.05, 0.1) is 5.56 Å². The number of thiocarbonyl (C=S) groups is 1. The van der Waals surface area contributed by atoms with Gasteiger partial charge in [0.2, 0.25) is 0 Å². The van der Waals surface area contributed by atoms with Crippen LogP contribution in [0, 0.1) is 0 Å². The summed E-state index contributed by atoms with van der Waals surface area (Å²) in [4.78, 5) is 0.314. The van der Waals surface area contributed by atoms with Crippen LogP contribution in [-0.2, 0) is 6.61 Å². The molecule has 0 aliphatic heterocycles. The fourth-order valence-electron chi connectivity index (χ4n) is 1.63. The lowest BCUT2D eigenvalue weighted by molar-refractivity contribution is 0.305. The Morgan fingerprint density at radius 1 is 1.05 bits per heavy atom. The van der Waals surface area contributed by atoms with Crippen LogP contribution in [0.3, 0.4) is 0 Å². The molecule has 0 heterocycles. The predicted molar refractivity (Wildman–Crippen MR) is 88.5 cm³/mol. The maximum Gasteiger partial charge on any atom is 0.131 e. The molecule has 0 aliphatic carbocycles. The molecular formula is C14H11Br2NOS. The number of halogens is 2. The minimum absolute atomic E-state index is 0.314. The average molecular weight is 401 g/mol. The predicted octanol–water partition coefficient (Wildman–Crippen LogP) is 4.42. The zero-order valence-corrected chi connectivity index (χ0v) is 13.9. The first-order valence-corrected chi connectivity index (χ1v) is 7.53. The van der Waals surface area contributed by atoms with Crippen LogP contribution < -0.4 is 10.5 Å². The fraction of sp³-hybridized carbons (Fsp3) is 0.0714. The van der Waals surface area contributed by atoms with Gasteiger partial charge in [-0.15, -0.1) is 0 Å². The highest BCUT2D eigenvalue weighted by molar-refractivity contribution is 9.10. The van der Waals surface area contributed by atoms with E-state index in [0.29, 0.717) is 17.3 Å². The third kappa shape index (κ3) is 3.55.